The summed E-state index contributed by atoms with van der Waals surface area (Å²) in [4.78, 5) is 0. The molecule has 1 aliphatic carbocycles. The molecular weight excluding hydrogens is 224 g/mol. The zero-order valence-electron chi connectivity index (χ0n) is 11.0. The summed E-state index contributed by atoms with van der Waals surface area (Å²) >= 11 is 0. The third kappa shape index (κ3) is 2.84. The smallest absolute Gasteiger partial charge is 0.130 e. The number of rotatable bonds is 4. The highest BCUT2D eigenvalue weighted by molar-refractivity contribution is 5.97. The Morgan fingerprint density at radius 1 is 1.33 bits per heavy atom. The summed E-state index contributed by atoms with van der Waals surface area (Å²) in [6.45, 7) is 2.23. The Bertz CT molecular complexity index is 417. The van der Waals surface area contributed by atoms with Gasteiger partial charge in [0.25, 0.3) is 0 Å². The van der Waals surface area contributed by atoms with E-state index in [1.165, 1.54) is 19.3 Å². The Morgan fingerprint density at radius 2 is 2.06 bits per heavy atom. The minimum atomic E-state index is 0.0782. The number of benzene rings is 1. The van der Waals surface area contributed by atoms with Gasteiger partial charge in [-0.3, -0.25) is 5.41 Å². The van der Waals surface area contributed by atoms with Crippen molar-refractivity contribution in [3.05, 3.63) is 29.8 Å². The van der Waals surface area contributed by atoms with E-state index in [2.05, 4.69) is 6.92 Å². The van der Waals surface area contributed by atoms with Crippen molar-refractivity contribution in [1.29, 1.82) is 5.41 Å². The first kappa shape index (κ1) is 12.9. The van der Waals surface area contributed by atoms with Gasteiger partial charge in [0.1, 0.15) is 17.7 Å². The Balaban J connectivity index is 2.15. The van der Waals surface area contributed by atoms with Crippen molar-refractivity contribution >= 4 is 5.84 Å². The van der Waals surface area contributed by atoms with Gasteiger partial charge in [0.2, 0.25) is 0 Å². The quantitative estimate of drug-likeness (QED) is 0.632. The van der Waals surface area contributed by atoms with Gasteiger partial charge in [-0.1, -0.05) is 25.5 Å². The van der Waals surface area contributed by atoms with Crippen LogP contribution in [0.5, 0.6) is 5.75 Å². The van der Waals surface area contributed by atoms with Crippen LogP contribution in [0.1, 0.15) is 44.6 Å². The summed E-state index contributed by atoms with van der Waals surface area (Å²) in [6.07, 6.45) is 6.36. The minimum Gasteiger partial charge on any atom is -0.489 e. The van der Waals surface area contributed by atoms with E-state index >= 15 is 0 Å². The number of nitrogens with one attached hydrogen (secondary N) is 1. The number of hydrogen-bond acceptors (Lipinski definition) is 2. The second-order valence-corrected chi connectivity index (χ2v) is 5.02. The molecule has 2 rings (SSSR count). The molecule has 3 N–H and O–H groups in total. The average Bonchev–Trinajstić information content (AvgIpc) is 2.40. The van der Waals surface area contributed by atoms with Crippen LogP contribution in [0.4, 0.5) is 0 Å². The predicted molar refractivity (Wildman–Crippen MR) is 74.1 cm³/mol. The molecule has 0 heterocycles. The second kappa shape index (κ2) is 5.89. The topological polar surface area (TPSA) is 59.1 Å². The van der Waals surface area contributed by atoms with Crippen molar-refractivity contribution in [3.8, 4) is 5.75 Å². The van der Waals surface area contributed by atoms with Crippen molar-refractivity contribution in [2.75, 3.05) is 0 Å². The molecule has 0 aliphatic heterocycles. The molecule has 3 heteroatoms. The highest BCUT2D eigenvalue weighted by Crippen LogP contribution is 2.31. The van der Waals surface area contributed by atoms with Gasteiger partial charge < -0.3 is 10.5 Å². The van der Waals surface area contributed by atoms with Crippen LogP contribution in [-0.2, 0) is 0 Å². The molecule has 0 radical (unpaired) electrons. The first-order valence-corrected chi connectivity index (χ1v) is 6.82. The number of nitrogens with two attached hydrogens (primary N) is 1. The second-order valence-electron chi connectivity index (χ2n) is 5.02. The fourth-order valence-corrected chi connectivity index (χ4v) is 2.75. The molecule has 1 aromatic carbocycles. The van der Waals surface area contributed by atoms with Gasteiger partial charge >= 0.3 is 0 Å². The van der Waals surface area contributed by atoms with Gasteiger partial charge in [0, 0.05) is 0 Å². The minimum absolute atomic E-state index is 0.0782. The number of hydrogen-bond donors (Lipinski definition) is 2. The number of nitrogen functional groups attached to an aromatic ring is 1. The van der Waals surface area contributed by atoms with E-state index in [0.29, 0.717) is 11.5 Å². The van der Waals surface area contributed by atoms with Crippen LogP contribution in [0.2, 0.25) is 0 Å². The van der Waals surface area contributed by atoms with Crippen molar-refractivity contribution in [2.45, 2.75) is 45.1 Å². The van der Waals surface area contributed by atoms with Crippen molar-refractivity contribution < 1.29 is 4.74 Å². The summed E-state index contributed by atoms with van der Waals surface area (Å²) in [6, 6.07) is 7.59. The van der Waals surface area contributed by atoms with Crippen LogP contribution in [0.3, 0.4) is 0 Å². The maximum Gasteiger partial charge on any atom is 0.130 e. The molecule has 0 aromatic heterocycles. The molecular formula is C15H22N2O. The Labute approximate surface area is 109 Å². The molecule has 3 nitrogen and oxygen atoms in total. The molecule has 1 saturated carbocycles. The van der Waals surface area contributed by atoms with E-state index in [0.717, 1.165) is 18.6 Å². The number of para-hydroxylation sites is 1. The number of ether oxygens (including phenoxy) is 1. The van der Waals surface area contributed by atoms with E-state index in [1.54, 1.807) is 0 Å². The molecule has 0 spiro atoms. The standard InChI is InChI=1S/C15H22N2O/c1-2-11-7-3-5-9-13(11)18-14-10-6-4-8-12(14)15(16)17/h4,6,8,10-11,13H,2-3,5,7,9H2,1H3,(H3,16,17). The molecule has 2 atom stereocenters. The lowest BCUT2D eigenvalue weighted by Gasteiger charge is -2.31. The largest absolute Gasteiger partial charge is 0.489 e. The maximum atomic E-state index is 7.59. The fraction of sp³-hybridized carbons (Fsp3) is 0.533. The van der Waals surface area contributed by atoms with Gasteiger partial charge in [0.15, 0.2) is 0 Å². The van der Waals surface area contributed by atoms with Gasteiger partial charge in [0.05, 0.1) is 5.56 Å². The third-order valence-electron chi connectivity index (χ3n) is 3.82. The highest BCUT2D eigenvalue weighted by Gasteiger charge is 2.25. The molecule has 2 unspecified atom stereocenters. The molecule has 0 bridgehead atoms. The molecule has 98 valence electrons. The van der Waals surface area contributed by atoms with E-state index in [9.17, 15) is 0 Å². The highest BCUT2D eigenvalue weighted by atomic mass is 16.5. The summed E-state index contributed by atoms with van der Waals surface area (Å²) < 4.78 is 6.13. The van der Waals surface area contributed by atoms with E-state index in [4.69, 9.17) is 15.9 Å². The number of amidine groups is 1. The van der Waals surface area contributed by atoms with Crippen LogP contribution in [0.25, 0.3) is 0 Å². The summed E-state index contributed by atoms with van der Waals surface area (Å²) in [5, 5.41) is 7.59. The molecule has 1 aromatic rings. The molecule has 0 amide bonds. The zero-order valence-corrected chi connectivity index (χ0v) is 11.0. The van der Waals surface area contributed by atoms with Gasteiger partial charge in [-0.25, -0.2) is 0 Å². The predicted octanol–water partition coefficient (Wildman–Crippen LogP) is 3.32. The van der Waals surface area contributed by atoms with E-state index in [-0.39, 0.29) is 11.9 Å². The lowest BCUT2D eigenvalue weighted by Crippen LogP contribution is -2.30. The van der Waals surface area contributed by atoms with Gasteiger partial charge in [-0.2, -0.15) is 0 Å². The van der Waals surface area contributed by atoms with Crippen molar-refractivity contribution in [1.82, 2.24) is 0 Å². The van der Waals surface area contributed by atoms with Crippen molar-refractivity contribution in [2.24, 2.45) is 11.7 Å². The summed E-state index contributed by atoms with van der Waals surface area (Å²) in [7, 11) is 0. The zero-order chi connectivity index (χ0) is 13.0. The SMILES string of the molecule is CCC1CCCCC1Oc1ccccc1C(=N)N. The van der Waals surface area contributed by atoms with Crippen LogP contribution in [-0.4, -0.2) is 11.9 Å². The lowest BCUT2D eigenvalue weighted by atomic mass is 9.84. The Hall–Kier alpha value is -1.51. The normalized spacial score (nSPS) is 23.6. The van der Waals surface area contributed by atoms with Crippen LogP contribution in [0, 0.1) is 11.3 Å². The monoisotopic (exact) mass is 246 g/mol. The average molecular weight is 246 g/mol. The van der Waals surface area contributed by atoms with E-state index in [1.807, 2.05) is 24.3 Å². The fourth-order valence-electron chi connectivity index (χ4n) is 2.75. The van der Waals surface area contributed by atoms with E-state index < -0.39 is 0 Å². The first-order chi connectivity index (χ1) is 8.72. The van der Waals surface area contributed by atoms with Crippen LogP contribution < -0.4 is 10.5 Å². The summed E-state index contributed by atoms with van der Waals surface area (Å²) in [5.41, 5.74) is 6.30. The molecule has 1 fully saturated rings. The van der Waals surface area contributed by atoms with Crippen LogP contribution in [0.15, 0.2) is 24.3 Å². The van der Waals surface area contributed by atoms with Crippen molar-refractivity contribution in [3.63, 3.8) is 0 Å². The lowest BCUT2D eigenvalue weighted by molar-refractivity contribution is 0.0902. The maximum absolute atomic E-state index is 7.59. The Kier molecular flexibility index (Phi) is 4.24. The summed E-state index contributed by atoms with van der Waals surface area (Å²) in [5.74, 6) is 1.48. The van der Waals surface area contributed by atoms with Gasteiger partial charge in [-0.05, 0) is 43.7 Å². The third-order valence-corrected chi connectivity index (χ3v) is 3.82. The molecule has 1 aliphatic rings. The van der Waals surface area contributed by atoms with Crippen LogP contribution >= 0.6 is 0 Å². The van der Waals surface area contributed by atoms with Gasteiger partial charge in [-0.15, -0.1) is 0 Å². The molecule has 18 heavy (non-hydrogen) atoms. The Morgan fingerprint density at radius 3 is 2.78 bits per heavy atom. The first-order valence-electron chi connectivity index (χ1n) is 6.82. The molecule has 0 saturated heterocycles.